The van der Waals surface area contributed by atoms with Crippen molar-refractivity contribution in [3.63, 3.8) is 0 Å². The van der Waals surface area contributed by atoms with E-state index in [1.807, 2.05) is 13.0 Å². The van der Waals surface area contributed by atoms with Crippen LogP contribution >= 0.6 is 23.2 Å². The van der Waals surface area contributed by atoms with Gasteiger partial charge in [-0.05, 0) is 25.1 Å². The third kappa shape index (κ3) is 1.94. The van der Waals surface area contributed by atoms with Crippen molar-refractivity contribution in [2.24, 2.45) is 0 Å². The molecule has 15 heavy (non-hydrogen) atoms. The molecule has 0 fully saturated rings. The van der Waals surface area contributed by atoms with Gasteiger partial charge in [0.25, 0.3) is 0 Å². The minimum atomic E-state index is 0.471. The van der Waals surface area contributed by atoms with Gasteiger partial charge in [0.1, 0.15) is 5.82 Å². The molecule has 0 aliphatic heterocycles. The highest BCUT2D eigenvalue weighted by Crippen LogP contribution is 2.25. The largest absolute Gasteiger partial charge is 0.382 e. The normalized spacial score (nSPS) is 10.6. The van der Waals surface area contributed by atoms with Crippen LogP contribution in [0.2, 0.25) is 10.0 Å². The van der Waals surface area contributed by atoms with Gasteiger partial charge in [-0.15, -0.1) is 0 Å². The molecule has 0 radical (unpaired) electrons. The van der Waals surface area contributed by atoms with E-state index in [-0.39, 0.29) is 0 Å². The molecular formula is C10H9Cl2N3. The number of halogens is 2. The number of nitrogens with zero attached hydrogens (tertiary/aromatic N) is 2. The van der Waals surface area contributed by atoms with E-state index >= 15 is 0 Å². The van der Waals surface area contributed by atoms with Crippen LogP contribution in [0.5, 0.6) is 0 Å². The maximum Gasteiger partial charge on any atom is 0.146 e. The van der Waals surface area contributed by atoms with Gasteiger partial charge in [0.2, 0.25) is 0 Å². The predicted molar refractivity (Wildman–Crippen MR) is 62.7 cm³/mol. The first-order valence-electron chi connectivity index (χ1n) is 4.35. The molecule has 1 aromatic carbocycles. The summed E-state index contributed by atoms with van der Waals surface area (Å²) in [5.74, 6) is 0.471. The molecule has 2 aromatic rings. The molecule has 0 bridgehead atoms. The Morgan fingerprint density at radius 3 is 2.53 bits per heavy atom. The minimum Gasteiger partial charge on any atom is -0.382 e. The molecule has 0 unspecified atom stereocenters. The number of aryl methyl sites for hydroxylation is 1. The van der Waals surface area contributed by atoms with E-state index in [1.165, 1.54) is 0 Å². The standard InChI is InChI=1S/C10H9Cl2N3/c1-6-4-10(13)14-15(6)9-3-2-7(11)5-8(9)12/h2-5H,1H3,(H2,13,14). The molecule has 1 heterocycles. The average molecular weight is 242 g/mol. The number of anilines is 1. The van der Waals surface area contributed by atoms with Gasteiger partial charge in [-0.2, -0.15) is 5.10 Å². The summed E-state index contributed by atoms with van der Waals surface area (Å²) in [6, 6.07) is 7.03. The highest BCUT2D eigenvalue weighted by molar-refractivity contribution is 6.35. The van der Waals surface area contributed by atoms with E-state index < -0.39 is 0 Å². The smallest absolute Gasteiger partial charge is 0.146 e. The summed E-state index contributed by atoms with van der Waals surface area (Å²) in [6.07, 6.45) is 0. The van der Waals surface area contributed by atoms with Crippen LogP contribution in [0.1, 0.15) is 5.69 Å². The molecule has 2 rings (SSSR count). The molecule has 78 valence electrons. The van der Waals surface area contributed by atoms with E-state index in [0.29, 0.717) is 15.9 Å². The molecule has 2 N–H and O–H groups in total. The lowest BCUT2D eigenvalue weighted by atomic mass is 10.3. The van der Waals surface area contributed by atoms with Crippen molar-refractivity contribution in [1.29, 1.82) is 0 Å². The lowest BCUT2D eigenvalue weighted by molar-refractivity contribution is 0.852. The van der Waals surface area contributed by atoms with Crippen molar-refractivity contribution in [2.75, 3.05) is 5.73 Å². The van der Waals surface area contributed by atoms with Crippen molar-refractivity contribution in [1.82, 2.24) is 9.78 Å². The number of hydrogen-bond donors (Lipinski definition) is 1. The second kappa shape index (κ2) is 3.76. The van der Waals surface area contributed by atoms with Crippen molar-refractivity contribution >= 4 is 29.0 Å². The summed E-state index contributed by atoms with van der Waals surface area (Å²) in [7, 11) is 0. The van der Waals surface area contributed by atoms with Gasteiger partial charge in [0, 0.05) is 16.8 Å². The first-order valence-corrected chi connectivity index (χ1v) is 5.11. The Hall–Kier alpha value is -1.19. The fourth-order valence-electron chi connectivity index (χ4n) is 1.40. The second-order valence-corrected chi connectivity index (χ2v) is 4.06. The SMILES string of the molecule is Cc1cc(N)nn1-c1ccc(Cl)cc1Cl. The van der Waals surface area contributed by atoms with Gasteiger partial charge in [-0.3, -0.25) is 0 Å². The van der Waals surface area contributed by atoms with E-state index in [1.54, 1.807) is 22.9 Å². The van der Waals surface area contributed by atoms with Crippen molar-refractivity contribution in [3.05, 3.63) is 40.0 Å². The van der Waals surface area contributed by atoms with Crippen LogP contribution in [-0.4, -0.2) is 9.78 Å². The summed E-state index contributed by atoms with van der Waals surface area (Å²) in [5, 5.41) is 5.29. The van der Waals surface area contributed by atoms with Crippen LogP contribution < -0.4 is 5.73 Å². The van der Waals surface area contributed by atoms with Gasteiger partial charge >= 0.3 is 0 Å². The van der Waals surface area contributed by atoms with Gasteiger partial charge in [0.05, 0.1) is 10.7 Å². The Bertz CT molecular complexity index is 505. The third-order valence-corrected chi connectivity index (χ3v) is 2.58. The van der Waals surface area contributed by atoms with Crippen LogP contribution in [0.15, 0.2) is 24.3 Å². The van der Waals surface area contributed by atoms with Crippen molar-refractivity contribution in [2.45, 2.75) is 6.92 Å². The van der Waals surface area contributed by atoms with Crippen LogP contribution in [0.4, 0.5) is 5.82 Å². The van der Waals surface area contributed by atoms with E-state index in [2.05, 4.69) is 5.10 Å². The monoisotopic (exact) mass is 241 g/mol. The van der Waals surface area contributed by atoms with Crippen molar-refractivity contribution < 1.29 is 0 Å². The summed E-state index contributed by atoms with van der Waals surface area (Å²) >= 11 is 11.9. The van der Waals surface area contributed by atoms with Gasteiger partial charge in [-0.1, -0.05) is 23.2 Å². The number of nitrogen functional groups attached to an aromatic ring is 1. The lowest BCUT2D eigenvalue weighted by Gasteiger charge is -2.06. The maximum absolute atomic E-state index is 6.06. The number of nitrogens with two attached hydrogens (primary N) is 1. The Kier molecular flexibility index (Phi) is 2.59. The fourth-order valence-corrected chi connectivity index (χ4v) is 1.88. The minimum absolute atomic E-state index is 0.471. The van der Waals surface area contributed by atoms with Gasteiger partial charge in [0.15, 0.2) is 0 Å². The Morgan fingerprint density at radius 2 is 2.00 bits per heavy atom. The molecule has 0 spiro atoms. The number of rotatable bonds is 1. The molecule has 3 nitrogen and oxygen atoms in total. The van der Waals surface area contributed by atoms with E-state index in [0.717, 1.165) is 11.4 Å². The van der Waals surface area contributed by atoms with E-state index in [9.17, 15) is 0 Å². The molecule has 0 amide bonds. The maximum atomic E-state index is 6.06. The molecular weight excluding hydrogens is 233 g/mol. The van der Waals surface area contributed by atoms with Crippen LogP contribution in [0, 0.1) is 6.92 Å². The quantitative estimate of drug-likeness (QED) is 0.835. The Labute approximate surface area is 97.4 Å². The van der Waals surface area contributed by atoms with Crippen molar-refractivity contribution in [3.8, 4) is 5.69 Å². The zero-order chi connectivity index (χ0) is 11.0. The number of hydrogen-bond acceptors (Lipinski definition) is 2. The molecule has 0 saturated carbocycles. The Morgan fingerprint density at radius 1 is 1.27 bits per heavy atom. The predicted octanol–water partition coefficient (Wildman–Crippen LogP) is 3.07. The molecule has 0 aliphatic carbocycles. The zero-order valence-corrected chi connectivity index (χ0v) is 9.55. The van der Waals surface area contributed by atoms with Crippen LogP contribution in [-0.2, 0) is 0 Å². The molecule has 0 saturated heterocycles. The molecule has 5 heteroatoms. The summed E-state index contributed by atoms with van der Waals surface area (Å²) in [5.41, 5.74) is 7.30. The zero-order valence-electron chi connectivity index (χ0n) is 8.04. The number of benzene rings is 1. The summed E-state index contributed by atoms with van der Waals surface area (Å²) in [4.78, 5) is 0. The van der Waals surface area contributed by atoms with Gasteiger partial charge in [-0.25, -0.2) is 4.68 Å². The topological polar surface area (TPSA) is 43.8 Å². The second-order valence-electron chi connectivity index (χ2n) is 3.22. The summed E-state index contributed by atoms with van der Waals surface area (Å²) < 4.78 is 1.69. The van der Waals surface area contributed by atoms with Crippen LogP contribution in [0.25, 0.3) is 5.69 Å². The highest BCUT2D eigenvalue weighted by atomic mass is 35.5. The molecule has 0 aliphatic rings. The fraction of sp³-hybridized carbons (Fsp3) is 0.100. The first-order chi connectivity index (χ1) is 7.08. The average Bonchev–Trinajstić information content (AvgIpc) is 2.45. The molecule has 0 atom stereocenters. The lowest BCUT2D eigenvalue weighted by Crippen LogP contribution is -2.00. The van der Waals surface area contributed by atoms with E-state index in [4.69, 9.17) is 28.9 Å². The van der Waals surface area contributed by atoms with Gasteiger partial charge < -0.3 is 5.73 Å². The van der Waals surface area contributed by atoms with Crippen LogP contribution in [0.3, 0.4) is 0 Å². The first kappa shape index (κ1) is 10.3. The highest BCUT2D eigenvalue weighted by Gasteiger charge is 2.08. The Balaban J connectivity index is 2.59. The summed E-state index contributed by atoms with van der Waals surface area (Å²) in [6.45, 7) is 1.91. The molecule has 1 aromatic heterocycles. The number of aromatic nitrogens is 2. The third-order valence-electron chi connectivity index (χ3n) is 2.04.